The second kappa shape index (κ2) is 5.72. The predicted molar refractivity (Wildman–Crippen MR) is 65.7 cm³/mol. The summed E-state index contributed by atoms with van der Waals surface area (Å²) in [5, 5.41) is 3.40. The number of halogens is 1. The maximum atomic E-state index is 11.6. The number of carbonyl (C=O) groups excluding carboxylic acids is 1. The molecule has 7 heteroatoms. The van der Waals surface area contributed by atoms with Crippen LogP contribution in [0.3, 0.4) is 0 Å². The fraction of sp³-hybridized carbons (Fsp3) is 0.556. The van der Waals surface area contributed by atoms with Crippen molar-refractivity contribution < 1.29 is 9.53 Å². The molecule has 2 heterocycles. The van der Waals surface area contributed by atoms with Crippen LogP contribution in [0.2, 0.25) is 0 Å². The van der Waals surface area contributed by atoms with Gasteiger partial charge in [0, 0.05) is 13.1 Å². The molecule has 2 rings (SSSR count). The van der Waals surface area contributed by atoms with E-state index in [1.54, 1.807) is 6.20 Å². The number of morpholine rings is 1. The number of hydrogen-bond acceptors (Lipinski definition) is 5. The lowest BCUT2D eigenvalue weighted by Gasteiger charge is -2.25. The van der Waals surface area contributed by atoms with E-state index in [2.05, 4.69) is 31.1 Å². The van der Waals surface area contributed by atoms with Crippen LogP contribution in [-0.2, 0) is 9.53 Å². The minimum absolute atomic E-state index is 0.0243. The molecular weight excluding hydrogens is 294 g/mol. The highest BCUT2D eigenvalue weighted by molar-refractivity contribution is 9.11. The highest BCUT2D eigenvalue weighted by Crippen LogP contribution is 2.22. The molecule has 0 spiro atoms. The molecule has 1 fully saturated rings. The van der Waals surface area contributed by atoms with Gasteiger partial charge in [0.15, 0.2) is 5.13 Å². The lowest BCUT2D eigenvalue weighted by atomic mass is 10.4. The number of hydrogen-bond donors (Lipinski definition) is 1. The van der Waals surface area contributed by atoms with Crippen molar-refractivity contribution in [1.29, 1.82) is 0 Å². The zero-order chi connectivity index (χ0) is 11.4. The second-order valence-corrected chi connectivity index (χ2v) is 5.82. The SMILES string of the molecule is O=C(CN1CCOCC1)Nc1ncc(Br)s1. The van der Waals surface area contributed by atoms with Gasteiger partial charge in [-0.25, -0.2) is 4.98 Å². The third kappa shape index (κ3) is 3.51. The molecule has 0 aromatic carbocycles. The molecule has 1 saturated heterocycles. The molecule has 0 bridgehead atoms. The summed E-state index contributed by atoms with van der Waals surface area (Å²) in [6, 6.07) is 0. The Morgan fingerprint density at radius 3 is 3.00 bits per heavy atom. The van der Waals surface area contributed by atoms with Crippen LogP contribution < -0.4 is 5.32 Å². The van der Waals surface area contributed by atoms with E-state index in [4.69, 9.17) is 4.74 Å². The molecule has 1 aliphatic heterocycles. The molecule has 5 nitrogen and oxygen atoms in total. The van der Waals surface area contributed by atoms with Crippen molar-refractivity contribution in [2.45, 2.75) is 0 Å². The van der Waals surface area contributed by atoms with Gasteiger partial charge in [-0.3, -0.25) is 9.69 Å². The van der Waals surface area contributed by atoms with Crippen molar-refractivity contribution in [3.8, 4) is 0 Å². The van der Waals surface area contributed by atoms with Gasteiger partial charge in [-0.2, -0.15) is 0 Å². The van der Waals surface area contributed by atoms with Crippen LogP contribution in [0.4, 0.5) is 5.13 Å². The van der Waals surface area contributed by atoms with Crippen LogP contribution in [0.25, 0.3) is 0 Å². The molecule has 1 aromatic rings. The minimum Gasteiger partial charge on any atom is -0.379 e. The molecule has 0 unspecified atom stereocenters. The van der Waals surface area contributed by atoms with Crippen molar-refractivity contribution in [1.82, 2.24) is 9.88 Å². The first-order chi connectivity index (χ1) is 7.74. The van der Waals surface area contributed by atoms with Crippen LogP contribution >= 0.6 is 27.3 Å². The van der Waals surface area contributed by atoms with Gasteiger partial charge < -0.3 is 10.1 Å². The second-order valence-electron chi connectivity index (χ2n) is 3.41. The van der Waals surface area contributed by atoms with Crippen molar-refractivity contribution in [3.05, 3.63) is 9.98 Å². The number of carbonyl (C=O) groups is 1. The first-order valence-electron chi connectivity index (χ1n) is 4.95. The lowest BCUT2D eigenvalue weighted by molar-refractivity contribution is -0.118. The zero-order valence-electron chi connectivity index (χ0n) is 8.61. The number of nitrogens with zero attached hydrogens (tertiary/aromatic N) is 2. The van der Waals surface area contributed by atoms with E-state index in [0.29, 0.717) is 24.9 Å². The Morgan fingerprint density at radius 1 is 1.62 bits per heavy atom. The van der Waals surface area contributed by atoms with Gasteiger partial charge in [0.1, 0.15) is 0 Å². The van der Waals surface area contributed by atoms with Gasteiger partial charge in [-0.05, 0) is 15.9 Å². The molecular formula is C9H12BrN3O2S. The molecule has 0 aliphatic carbocycles. The Balaban J connectivity index is 1.79. The quantitative estimate of drug-likeness (QED) is 0.911. The number of anilines is 1. The maximum absolute atomic E-state index is 11.6. The molecule has 1 amide bonds. The zero-order valence-corrected chi connectivity index (χ0v) is 11.0. The molecule has 1 N–H and O–H groups in total. The Labute approximate surface area is 106 Å². The van der Waals surface area contributed by atoms with E-state index in [1.165, 1.54) is 11.3 Å². The lowest BCUT2D eigenvalue weighted by Crippen LogP contribution is -2.41. The molecule has 1 aromatic heterocycles. The first kappa shape index (κ1) is 12.0. The third-order valence-electron chi connectivity index (χ3n) is 2.19. The molecule has 1 aliphatic rings. The van der Waals surface area contributed by atoms with Gasteiger partial charge in [-0.1, -0.05) is 11.3 Å². The number of aromatic nitrogens is 1. The van der Waals surface area contributed by atoms with E-state index in [1.807, 2.05) is 0 Å². The fourth-order valence-corrected chi connectivity index (χ4v) is 2.56. The average Bonchev–Trinajstić information content (AvgIpc) is 2.65. The topological polar surface area (TPSA) is 54.5 Å². The van der Waals surface area contributed by atoms with Crippen LogP contribution in [-0.4, -0.2) is 48.6 Å². The number of amides is 1. The smallest absolute Gasteiger partial charge is 0.240 e. The largest absolute Gasteiger partial charge is 0.379 e. The summed E-state index contributed by atoms with van der Waals surface area (Å²) < 4.78 is 6.12. The fourth-order valence-electron chi connectivity index (χ4n) is 1.43. The van der Waals surface area contributed by atoms with Crippen molar-refractivity contribution >= 4 is 38.3 Å². The molecule has 0 atom stereocenters. The van der Waals surface area contributed by atoms with Gasteiger partial charge in [0.05, 0.1) is 29.7 Å². The molecule has 0 saturated carbocycles. The summed E-state index contributed by atoms with van der Waals surface area (Å²) in [7, 11) is 0. The number of nitrogens with one attached hydrogen (secondary N) is 1. The normalized spacial score (nSPS) is 17.3. The summed E-state index contributed by atoms with van der Waals surface area (Å²) >= 11 is 4.71. The third-order valence-corrected chi connectivity index (χ3v) is 3.59. The number of thiazole rings is 1. The van der Waals surface area contributed by atoms with Crippen molar-refractivity contribution in [2.75, 3.05) is 38.2 Å². The maximum Gasteiger partial charge on any atom is 0.240 e. The van der Waals surface area contributed by atoms with Crippen molar-refractivity contribution in [2.24, 2.45) is 0 Å². The summed E-state index contributed by atoms with van der Waals surface area (Å²) in [5.41, 5.74) is 0. The number of rotatable bonds is 3. The predicted octanol–water partition coefficient (Wildman–Crippen LogP) is 1.18. The summed E-state index contributed by atoms with van der Waals surface area (Å²) in [6.45, 7) is 3.44. The summed E-state index contributed by atoms with van der Waals surface area (Å²) in [4.78, 5) is 17.8. The van der Waals surface area contributed by atoms with E-state index in [-0.39, 0.29) is 5.91 Å². The highest BCUT2D eigenvalue weighted by atomic mass is 79.9. The number of ether oxygens (including phenoxy) is 1. The van der Waals surface area contributed by atoms with Gasteiger partial charge in [0.25, 0.3) is 0 Å². The van der Waals surface area contributed by atoms with Crippen LogP contribution in [0.15, 0.2) is 9.98 Å². The molecule has 88 valence electrons. The monoisotopic (exact) mass is 305 g/mol. The van der Waals surface area contributed by atoms with E-state index < -0.39 is 0 Å². The van der Waals surface area contributed by atoms with Crippen LogP contribution in [0.5, 0.6) is 0 Å². The molecule has 16 heavy (non-hydrogen) atoms. The van der Waals surface area contributed by atoms with Crippen LogP contribution in [0, 0.1) is 0 Å². The Kier molecular flexibility index (Phi) is 4.28. The Hall–Kier alpha value is -0.500. The van der Waals surface area contributed by atoms with Gasteiger partial charge >= 0.3 is 0 Å². The Morgan fingerprint density at radius 2 is 2.38 bits per heavy atom. The van der Waals surface area contributed by atoms with Crippen LogP contribution in [0.1, 0.15) is 0 Å². The molecule has 0 radical (unpaired) electrons. The van der Waals surface area contributed by atoms with E-state index >= 15 is 0 Å². The van der Waals surface area contributed by atoms with Gasteiger partial charge in [0.2, 0.25) is 5.91 Å². The minimum atomic E-state index is -0.0243. The Bertz CT molecular complexity index is 365. The van der Waals surface area contributed by atoms with E-state index in [9.17, 15) is 4.79 Å². The highest BCUT2D eigenvalue weighted by Gasteiger charge is 2.14. The standard InChI is InChI=1S/C9H12BrN3O2S/c10-7-5-11-9(16-7)12-8(14)6-13-1-3-15-4-2-13/h5H,1-4,6H2,(H,11,12,14). The van der Waals surface area contributed by atoms with Gasteiger partial charge in [-0.15, -0.1) is 0 Å². The first-order valence-corrected chi connectivity index (χ1v) is 6.56. The van der Waals surface area contributed by atoms with E-state index in [0.717, 1.165) is 16.9 Å². The summed E-state index contributed by atoms with van der Waals surface area (Å²) in [5.74, 6) is -0.0243. The summed E-state index contributed by atoms with van der Waals surface area (Å²) in [6.07, 6.45) is 1.68. The van der Waals surface area contributed by atoms with Crippen molar-refractivity contribution in [3.63, 3.8) is 0 Å². The average molecular weight is 306 g/mol.